The van der Waals surface area contributed by atoms with Gasteiger partial charge in [0.2, 0.25) is 0 Å². The minimum atomic E-state index is -5.38. The summed E-state index contributed by atoms with van der Waals surface area (Å²) < 4.78 is 60.2. The van der Waals surface area contributed by atoms with Crippen LogP contribution in [0.3, 0.4) is 0 Å². The second-order valence-electron chi connectivity index (χ2n) is 3.49. The zero-order chi connectivity index (χ0) is 13.8. The molecule has 1 rings (SSSR count). The Morgan fingerprint density at radius 1 is 1.22 bits per heavy atom. The van der Waals surface area contributed by atoms with E-state index in [1.807, 2.05) is 6.92 Å². The van der Waals surface area contributed by atoms with Gasteiger partial charge in [-0.15, -0.1) is 0 Å². The molecule has 0 heterocycles. The fourth-order valence-electron chi connectivity index (χ4n) is 1.24. The summed E-state index contributed by atoms with van der Waals surface area (Å²) in [7, 11) is -5.38. The summed E-state index contributed by atoms with van der Waals surface area (Å²) in [6.45, 7) is 2.75. The van der Waals surface area contributed by atoms with Crippen molar-refractivity contribution in [2.75, 3.05) is 11.3 Å². The van der Waals surface area contributed by atoms with Gasteiger partial charge in [-0.25, -0.2) is 0 Å². The average molecular weight is 282 g/mol. The van der Waals surface area contributed by atoms with Crippen LogP contribution in [0.15, 0.2) is 24.3 Å². The summed E-state index contributed by atoms with van der Waals surface area (Å²) in [5, 5.41) is 2.91. The lowest BCUT2D eigenvalue weighted by atomic mass is 10.2. The standard InChI is InChI=1S/C10H13F3N2O2S/c1-2-14-7-8-5-3-4-6-9(8)15-18(16,17)10(11,12)13/h3-6,14-15H,2,7H2,1H3. The van der Waals surface area contributed by atoms with Crippen molar-refractivity contribution in [3.05, 3.63) is 29.8 Å². The van der Waals surface area contributed by atoms with Gasteiger partial charge in [0.25, 0.3) is 0 Å². The van der Waals surface area contributed by atoms with Gasteiger partial charge in [-0.05, 0) is 18.2 Å². The van der Waals surface area contributed by atoms with Crippen molar-refractivity contribution in [2.24, 2.45) is 0 Å². The van der Waals surface area contributed by atoms with Gasteiger partial charge >= 0.3 is 15.5 Å². The monoisotopic (exact) mass is 282 g/mol. The van der Waals surface area contributed by atoms with E-state index in [1.165, 1.54) is 12.1 Å². The van der Waals surface area contributed by atoms with E-state index in [9.17, 15) is 21.6 Å². The van der Waals surface area contributed by atoms with Crippen LogP contribution < -0.4 is 10.0 Å². The number of hydrogen-bond donors (Lipinski definition) is 2. The lowest BCUT2D eigenvalue weighted by Crippen LogP contribution is -2.30. The Labute approximate surface area is 103 Å². The largest absolute Gasteiger partial charge is 0.516 e. The first-order valence-corrected chi connectivity index (χ1v) is 6.64. The first kappa shape index (κ1) is 14.8. The third-order valence-electron chi connectivity index (χ3n) is 2.13. The number of para-hydroxylation sites is 1. The number of hydrogen-bond acceptors (Lipinski definition) is 3. The third-order valence-corrected chi connectivity index (χ3v) is 3.23. The zero-order valence-electron chi connectivity index (χ0n) is 9.58. The lowest BCUT2D eigenvalue weighted by molar-refractivity contribution is -0.0429. The third kappa shape index (κ3) is 3.61. The van der Waals surface area contributed by atoms with Gasteiger partial charge in [0.1, 0.15) is 0 Å². The highest BCUT2D eigenvalue weighted by atomic mass is 32.2. The molecule has 18 heavy (non-hydrogen) atoms. The van der Waals surface area contributed by atoms with E-state index in [-0.39, 0.29) is 12.2 Å². The Balaban J connectivity index is 2.98. The number of nitrogens with one attached hydrogen (secondary N) is 2. The first-order valence-electron chi connectivity index (χ1n) is 5.15. The topological polar surface area (TPSA) is 58.2 Å². The minimum Gasteiger partial charge on any atom is -0.313 e. The summed E-state index contributed by atoms with van der Waals surface area (Å²) >= 11 is 0. The highest BCUT2D eigenvalue weighted by Gasteiger charge is 2.46. The van der Waals surface area contributed by atoms with Crippen LogP contribution in [0, 0.1) is 0 Å². The molecule has 0 unspecified atom stereocenters. The molecule has 0 bridgehead atoms. The highest BCUT2D eigenvalue weighted by Crippen LogP contribution is 2.26. The molecule has 0 radical (unpaired) electrons. The maximum absolute atomic E-state index is 12.2. The SMILES string of the molecule is CCNCc1ccccc1NS(=O)(=O)C(F)(F)F. The molecule has 2 N–H and O–H groups in total. The Bertz CT molecular complexity index is 500. The maximum Gasteiger partial charge on any atom is 0.516 e. The van der Waals surface area contributed by atoms with Crippen molar-refractivity contribution in [1.29, 1.82) is 0 Å². The number of benzene rings is 1. The van der Waals surface area contributed by atoms with Gasteiger partial charge < -0.3 is 5.32 Å². The van der Waals surface area contributed by atoms with Gasteiger partial charge in [-0.1, -0.05) is 25.1 Å². The maximum atomic E-state index is 12.2. The van der Waals surface area contributed by atoms with E-state index in [4.69, 9.17) is 0 Å². The lowest BCUT2D eigenvalue weighted by Gasteiger charge is -2.14. The molecular formula is C10H13F3N2O2S. The Hall–Kier alpha value is -1.28. The van der Waals surface area contributed by atoms with Gasteiger partial charge in [0.05, 0.1) is 5.69 Å². The van der Waals surface area contributed by atoms with E-state index in [0.29, 0.717) is 12.1 Å². The van der Waals surface area contributed by atoms with Crippen LogP contribution in [0.25, 0.3) is 0 Å². The van der Waals surface area contributed by atoms with Crippen LogP contribution in [0.2, 0.25) is 0 Å². The number of halogens is 3. The first-order chi connectivity index (χ1) is 8.28. The minimum absolute atomic E-state index is 0.0734. The molecule has 0 atom stereocenters. The van der Waals surface area contributed by atoms with Crippen LogP contribution in [-0.4, -0.2) is 20.5 Å². The van der Waals surface area contributed by atoms with Crippen LogP contribution >= 0.6 is 0 Å². The molecule has 0 saturated heterocycles. The fourth-order valence-corrected chi connectivity index (χ4v) is 1.84. The molecule has 0 fully saturated rings. The molecule has 0 aliphatic rings. The second kappa shape index (κ2) is 5.57. The van der Waals surface area contributed by atoms with Crippen molar-refractivity contribution in [3.63, 3.8) is 0 Å². The van der Waals surface area contributed by atoms with Gasteiger partial charge in [0.15, 0.2) is 0 Å². The molecule has 1 aromatic carbocycles. The summed E-state index contributed by atoms with van der Waals surface area (Å²) in [6, 6.07) is 5.93. The van der Waals surface area contributed by atoms with E-state index >= 15 is 0 Å². The van der Waals surface area contributed by atoms with Crippen molar-refractivity contribution in [3.8, 4) is 0 Å². The molecule has 0 aliphatic heterocycles. The number of anilines is 1. The molecule has 0 saturated carbocycles. The molecule has 0 aromatic heterocycles. The summed E-state index contributed by atoms with van der Waals surface area (Å²) in [5.74, 6) is 0. The quantitative estimate of drug-likeness (QED) is 0.869. The summed E-state index contributed by atoms with van der Waals surface area (Å²) in [6.07, 6.45) is 0. The van der Waals surface area contributed by atoms with Crippen molar-refractivity contribution < 1.29 is 21.6 Å². The Morgan fingerprint density at radius 2 is 1.83 bits per heavy atom. The number of rotatable bonds is 5. The smallest absolute Gasteiger partial charge is 0.313 e. The molecule has 8 heteroatoms. The van der Waals surface area contributed by atoms with E-state index in [1.54, 1.807) is 16.9 Å². The van der Waals surface area contributed by atoms with Crippen LogP contribution in [-0.2, 0) is 16.6 Å². The Morgan fingerprint density at radius 3 is 2.39 bits per heavy atom. The van der Waals surface area contributed by atoms with Gasteiger partial charge in [-0.2, -0.15) is 21.6 Å². The van der Waals surface area contributed by atoms with Crippen LogP contribution in [0.1, 0.15) is 12.5 Å². The fraction of sp³-hybridized carbons (Fsp3) is 0.400. The van der Waals surface area contributed by atoms with Gasteiger partial charge in [0, 0.05) is 6.54 Å². The molecule has 1 aromatic rings. The molecule has 0 spiro atoms. The molecule has 102 valence electrons. The zero-order valence-corrected chi connectivity index (χ0v) is 10.4. The molecule has 0 aliphatic carbocycles. The molecule has 4 nitrogen and oxygen atoms in total. The number of sulfonamides is 1. The predicted octanol–water partition coefficient (Wildman–Crippen LogP) is 2.06. The van der Waals surface area contributed by atoms with Crippen LogP contribution in [0.4, 0.5) is 18.9 Å². The van der Waals surface area contributed by atoms with E-state index in [0.717, 1.165) is 0 Å². The van der Waals surface area contributed by atoms with Gasteiger partial charge in [-0.3, -0.25) is 4.72 Å². The van der Waals surface area contributed by atoms with E-state index in [2.05, 4.69) is 5.32 Å². The Kier molecular flexibility index (Phi) is 4.58. The predicted molar refractivity (Wildman–Crippen MR) is 62.4 cm³/mol. The number of alkyl halides is 3. The van der Waals surface area contributed by atoms with Crippen LogP contribution in [0.5, 0.6) is 0 Å². The normalized spacial score (nSPS) is 12.4. The average Bonchev–Trinajstić information content (AvgIpc) is 2.26. The van der Waals surface area contributed by atoms with Crippen molar-refractivity contribution in [2.45, 2.75) is 19.0 Å². The van der Waals surface area contributed by atoms with Crippen molar-refractivity contribution in [1.82, 2.24) is 5.32 Å². The second-order valence-corrected chi connectivity index (χ2v) is 5.16. The highest BCUT2D eigenvalue weighted by molar-refractivity contribution is 7.93. The van der Waals surface area contributed by atoms with E-state index < -0.39 is 15.5 Å². The molecular weight excluding hydrogens is 269 g/mol. The summed E-state index contributed by atoms with van der Waals surface area (Å²) in [4.78, 5) is 0. The van der Waals surface area contributed by atoms with Crippen molar-refractivity contribution >= 4 is 15.7 Å². The summed E-state index contributed by atoms with van der Waals surface area (Å²) in [5.41, 5.74) is -4.94. The molecule has 0 amide bonds.